The van der Waals surface area contributed by atoms with E-state index in [9.17, 15) is 22.8 Å². The van der Waals surface area contributed by atoms with Crippen molar-refractivity contribution in [2.75, 3.05) is 18.8 Å². The zero-order valence-corrected chi connectivity index (χ0v) is 11.1. The number of imide groups is 1. The molecule has 7 nitrogen and oxygen atoms in total. The van der Waals surface area contributed by atoms with Crippen LogP contribution in [0.3, 0.4) is 0 Å². The van der Waals surface area contributed by atoms with Gasteiger partial charge in [-0.1, -0.05) is 11.8 Å². The van der Waals surface area contributed by atoms with Gasteiger partial charge in [0.05, 0.1) is 5.75 Å². The quantitative estimate of drug-likeness (QED) is 0.821. The van der Waals surface area contributed by atoms with Gasteiger partial charge in [-0.3, -0.25) is 9.69 Å². The minimum atomic E-state index is -4.60. The van der Waals surface area contributed by atoms with Gasteiger partial charge in [-0.2, -0.15) is 13.2 Å². The highest BCUT2D eigenvalue weighted by molar-refractivity contribution is 7.99. The van der Waals surface area contributed by atoms with Crippen molar-refractivity contribution in [1.29, 1.82) is 0 Å². The molecule has 1 saturated heterocycles. The minimum Gasteiger partial charge on any atom is -0.336 e. The Kier molecular flexibility index (Phi) is 3.88. The largest absolute Gasteiger partial charge is 0.451 e. The summed E-state index contributed by atoms with van der Waals surface area (Å²) in [5.74, 6) is -1.80. The predicted molar refractivity (Wildman–Crippen MR) is 61.8 cm³/mol. The number of urea groups is 1. The molecule has 1 N–H and O–H groups in total. The number of amides is 3. The van der Waals surface area contributed by atoms with Crippen molar-refractivity contribution in [2.45, 2.75) is 11.3 Å². The molecule has 0 saturated carbocycles. The normalized spacial score (nSPS) is 15.6. The van der Waals surface area contributed by atoms with Crippen LogP contribution in [0.4, 0.5) is 18.0 Å². The smallest absolute Gasteiger partial charge is 0.336 e. The molecule has 0 radical (unpaired) electrons. The number of hydrogen-bond acceptors (Lipinski definition) is 5. The standard InChI is InChI=1S/C9H10F3N5O2S/c1-16-6(9(10,11)12)14-15-8(16)20-4-5(18)17-3-2-13-7(17)19/h2-4H2,1H3,(H,13,19). The maximum atomic E-state index is 12.5. The number of aromatic nitrogens is 3. The molecule has 11 heteroatoms. The highest BCUT2D eigenvalue weighted by Crippen LogP contribution is 2.29. The Balaban J connectivity index is 2.00. The van der Waals surface area contributed by atoms with Crippen molar-refractivity contribution in [3.63, 3.8) is 0 Å². The van der Waals surface area contributed by atoms with E-state index >= 15 is 0 Å². The number of hydrogen-bond donors (Lipinski definition) is 1. The number of rotatable bonds is 3. The molecule has 2 rings (SSSR count). The molecule has 0 aliphatic carbocycles. The molecule has 2 heterocycles. The first-order chi connectivity index (χ1) is 9.30. The molecule has 110 valence electrons. The van der Waals surface area contributed by atoms with Crippen LogP contribution >= 0.6 is 11.8 Å². The fraction of sp³-hybridized carbons (Fsp3) is 0.556. The molecule has 0 spiro atoms. The maximum Gasteiger partial charge on any atom is 0.451 e. The van der Waals surface area contributed by atoms with Gasteiger partial charge in [0.2, 0.25) is 11.7 Å². The zero-order chi connectivity index (χ0) is 14.9. The van der Waals surface area contributed by atoms with E-state index in [-0.39, 0.29) is 17.5 Å². The maximum absolute atomic E-state index is 12.5. The fourth-order valence-electron chi connectivity index (χ4n) is 1.60. The monoisotopic (exact) mass is 309 g/mol. The topological polar surface area (TPSA) is 80.1 Å². The first kappa shape index (κ1) is 14.6. The Morgan fingerprint density at radius 3 is 2.65 bits per heavy atom. The Morgan fingerprint density at radius 1 is 1.45 bits per heavy atom. The summed E-state index contributed by atoms with van der Waals surface area (Å²) in [4.78, 5) is 23.9. The van der Waals surface area contributed by atoms with Crippen molar-refractivity contribution in [1.82, 2.24) is 25.0 Å². The van der Waals surface area contributed by atoms with Crippen LogP contribution in [0, 0.1) is 0 Å². The lowest BCUT2D eigenvalue weighted by atomic mass is 10.5. The van der Waals surface area contributed by atoms with Gasteiger partial charge in [-0.05, 0) is 0 Å². The average molecular weight is 309 g/mol. The summed E-state index contributed by atoms with van der Waals surface area (Å²) in [6.07, 6.45) is -4.60. The molecule has 1 aromatic rings. The Morgan fingerprint density at radius 2 is 2.15 bits per heavy atom. The van der Waals surface area contributed by atoms with Gasteiger partial charge in [0.1, 0.15) is 0 Å². The van der Waals surface area contributed by atoms with Crippen LogP contribution in [0.15, 0.2) is 5.16 Å². The lowest BCUT2D eigenvalue weighted by Gasteiger charge is -2.11. The summed E-state index contributed by atoms with van der Waals surface area (Å²) < 4.78 is 38.3. The highest BCUT2D eigenvalue weighted by atomic mass is 32.2. The second kappa shape index (κ2) is 5.31. The van der Waals surface area contributed by atoms with E-state index in [2.05, 4.69) is 15.5 Å². The number of alkyl halides is 3. The summed E-state index contributed by atoms with van der Waals surface area (Å²) in [5, 5.41) is 8.85. The molecule has 1 aliphatic heterocycles. The molecule has 3 amide bonds. The number of halogens is 3. The zero-order valence-electron chi connectivity index (χ0n) is 10.3. The van der Waals surface area contributed by atoms with Crippen LogP contribution < -0.4 is 5.32 Å². The van der Waals surface area contributed by atoms with E-state index in [0.717, 1.165) is 28.3 Å². The van der Waals surface area contributed by atoms with Crippen molar-refractivity contribution >= 4 is 23.7 Å². The van der Waals surface area contributed by atoms with Crippen molar-refractivity contribution in [2.24, 2.45) is 7.05 Å². The summed E-state index contributed by atoms with van der Waals surface area (Å²) in [6, 6.07) is -0.496. The molecule has 0 aromatic carbocycles. The molecule has 1 aromatic heterocycles. The summed E-state index contributed by atoms with van der Waals surface area (Å²) in [6.45, 7) is 0.627. The lowest BCUT2D eigenvalue weighted by Crippen LogP contribution is -2.35. The van der Waals surface area contributed by atoms with E-state index in [0.29, 0.717) is 6.54 Å². The SMILES string of the molecule is Cn1c(SCC(=O)N2CCNC2=O)nnc1C(F)(F)F. The first-order valence-corrected chi connectivity index (χ1v) is 6.47. The molecule has 1 fully saturated rings. The van der Waals surface area contributed by atoms with Crippen molar-refractivity contribution < 1.29 is 22.8 Å². The van der Waals surface area contributed by atoms with E-state index in [4.69, 9.17) is 0 Å². The molecule has 0 unspecified atom stereocenters. The number of nitrogens with zero attached hydrogens (tertiary/aromatic N) is 4. The van der Waals surface area contributed by atoms with Crippen LogP contribution in [0.2, 0.25) is 0 Å². The number of thioether (sulfide) groups is 1. The van der Waals surface area contributed by atoms with Crippen LogP contribution in [-0.2, 0) is 18.0 Å². The van der Waals surface area contributed by atoms with Gasteiger partial charge in [0.25, 0.3) is 0 Å². The van der Waals surface area contributed by atoms with E-state index in [1.54, 1.807) is 0 Å². The summed E-state index contributed by atoms with van der Waals surface area (Å²) >= 11 is 0.799. The third kappa shape index (κ3) is 2.86. The van der Waals surface area contributed by atoms with E-state index in [1.807, 2.05) is 0 Å². The summed E-state index contributed by atoms with van der Waals surface area (Å²) in [7, 11) is 1.16. The lowest BCUT2D eigenvalue weighted by molar-refractivity contribution is -0.147. The van der Waals surface area contributed by atoms with Gasteiger partial charge in [-0.25, -0.2) is 4.79 Å². The van der Waals surface area contributed by atoms with Crippen molar-refractivity contribution in [3.8, 4) is 0 Å². The average Bonchev–Trinajstić information content (AvgIpc) is 2.92. The van der Waals surface area contributed by atoms with Gasteiger partial charge in [0, 0.05) is 20.1 Å². The van der Waals surface area contributed by atoms with Gasteiger partial charge in [0.15, 0.2) is 5.16 Å². The number of carbonyl (C=O) groups excluding carboxylic acids is 2. The minimum absolute atomic E-state index is 0.0368. The molecular weight excluding hydrogens is 299 g/mol. The van der Waals surface area contributed by atoms with Gasteiger partial charge >= 0.3 is 12.2 Å². The van der Waals surface area contributed by atoms with Crippen LogP contribution in [0.25, 0.3) is 0 Å². The first-order valence-electron chi connectivity index (χ1n) is 5.48. The molecule has 1 aliphatic rings. The third-order valence-electron chi connectivity index (χ3n) is 2.57. The van der Waals surface area contributed by atoms with E-state index < -0.39 is 23.9 Å². The second-order valence-corrected chi connectivity index (χ2v) is 4.87. The fourth-order valence-corrected chi connectivity index (χ4v) is 2.39. The van der Waals surface area contributed by atoms with Gasteiger partial charge < -0.3 is 9.88 Å². The molecule has 0 atom stereocenters. The number of carbonyl (C=O) groups is 2. The Bertz CT molecular complexity index is 544. The van der Waals surface area contributed by atoms with Gasteiger partial charge in [-0.15, -0.1) is 10.2 Å². The van der Waals surface area contributed by atoms with Crippen LogP contribution in [0.5, 0.6) is 0 Å². The van der Waals surface area contributed by atoms with Crippen LogP contribution in [0.1, 0.15) is 5.82 Å². The second-order valence-electron chi connectivity index (χ2n) is 3.93. The Labute approximate surface area is 115 Å². The highest BCUT2D eigenvalue weighted by Gasteiger charge is 2.37. The summed E-state index contributed by atoms with van der Waals surface area (Å²) in [5.41, 5.74) is 0. The predicted octanol–water partition coefficient (Wildman–Crippen LogP) is 0.478. The molecule has 20 heavy (non-hydrogen) atoms. The van der Waals surface area contributed by atoms with Crippen molar-refractivity contribution in [3.05, 3.63) is 5.82 Å². The Hall–Kier alpha value is -1.78. The molecule has 0 bridgehead atoms. The molecular formula is C9H10F3N5O2S. The van der Waals surface area contributed by atoms with Crippen LogP contribution in [-0.4, -0.2) is 50.4 Å². The van der Waals surface area contributed by atoms with E-state index in [1.165, 1.54) is 0 Å². The third-order valence-corrected chi connectivity index (χ3v) is 3.58. The number of nitrogens with one attached hydrogen (secondary N) is 1.